The molecule has 0 radical (unpaired) electrons. The van der Waals surface area contributed by atoms with Gasteiger partial charge in [0.15, 0.2) is 8.32 Å². The summed E-state index contributed by atoms with van der Waals surface area (Å²) in [6.07, 6.45) is 2.39. The first-order chi connectivity index (χ1) is 12.5. The van der Waals surface area contributed by atoms with Gasteiger partial charge in [-0.25, -0.2) is 4.79 Å². The van der Waals surface area contributed by atoms with Gasteiger partial charge in [-0.3, -0.25) is 0 Å². The summed E-state index contributed by atoms with van der Waals surface area (Å²) < 4.78 is 22.7. The molecule has 1 saturated heterocycles. The minimum absolute atomic E-state index is 0.00470. The third kappa shape index (κ3) is 3.38. The molecule has 0 unspecified atom stereocenters. The largest absolute Gasteiger partial charge is 0.461 e. The van der Waals surface area contributed by atoms with Gasteiger partial charge in [0.25, 0.3) is 0 Å². The highest BCUT2D eigenvalue weighted by Crippen LogP contribution is 2.45. The van der Waals surface area contributed by atoms with Gasteiger partial charge in [0.05, 0.1) is 25.1 Å². The smallest absolute Gasteiger partial charge is 0.424 e. The van der Waals surface area contributed by atoms with Crippen molar-refractivity contribution in [3.05, 3.63) is 22.1 Å². The number of fused-ring (bicyclic) bond motifs is 4. The molecule has 0 N–H and O–H groups in total. The van der Waals surface area contributed by atoms with E-state index in [1.807, 2.05) is 24.6 Å². The molecule has 2 aliphatic rings. The van der Waals surface area contributed by atoms with Crippen molar-refractivity contribution in [2.24, 2.45) is 5.92 Å². The molecule has 1 fully saturated rings. The topological polar surface area (TPSA) is 53.6 Å². The van der Waals surface area contributed by atoms with E-state index in [0.29, 0.717) is 30.6 Å². The van der Waals surface area contributed by atoms with Gasteiger partial charge in [0.2, 0.25) is 6.23 Å². The zero-order valence-corrected chi connectivity index (χ0v) is 19.0. The normalized spacial score (nSPS) is 24.9. The molecule has 6 nitrogen and oxygen atoms in total. The molecule has 3 atom stereocenters. The monoisotopic (exact) mass is 395 g/mol. The Hall–Kier alpha value is -1.18. The quantitative estimate of drug-likeness (QED) is 0.548. The standard InChI is InChI=1S/C20H35N2O4Si/c1-9-21-18(23)14(4)11-22-17-10-15(26-19(21)22)16(25-17)12-24-27(7,8)20(5,6)13(2)3/h11,13,15-17H,9-10,12H2,1-8H3/q+1/t15-,16-,17-/m1/s1. The fourth-order valence-corrected chi connectivity index (χ4v) is 6.16. The lowest BCUT2D eigenvalue weighted by Gasteiger charge is -2.43. The molecular formula is C20H35N2O4Si+. The van der Waals surface area contributed by atoms with Gasteiger partial charge in [-0.05, 0) is 37.9 Å². The van der Waals surface area contributed by atoms with Crippen molar-refractivity contribution in [2.45, 2.75) is 91.1 Å². The molecule has 152 valence electrons. The summed E-state index contributed by atoms with van der Waals surface area (Å²) in [7, 11) is -1.92. The number of aryl methyl sites for hydroxylation is 1. The summed E-state index contributed by atoms with van der Waals surface area (Å²) in [6.45, 7) is 18.6. The fraction of sp³-hybridized carbons (Fsp3) is 0.800. The van der Waals surface area contributed by atoms with Crippen LogP contribution in [0.25, 0.3) is 0 Å². The molecule has 0 saturated carbocycles. The number of aromatic nitrogens is 2. The average molecular weight is 396 g/mol. The minimum Gasteiger partial charge on any atom is -0.424 e. The third-order valence-electron chi connectivity index (χ3n) is 7.03. The summed E-state index contributed by atoms with van der Waals surface area (Å²) in [6, 6.07) is 0.607. The highest BCUT2D eigenvalue weighted by Gasteiger charge is 2.50. The first-order valence-corrected chi connectivity index (χ1v) is 13.0. The first-order valence-electron chi connectivity index (χ1n) is 10.1. The minimum atomic E-state index is -1.92. The van der Waals surface area contributed by atoms with Crippen molar-refractivity contribution in [3.8, 4) is 6.01 Å². The molecule has 2 bridgehead atoms. The molecular weight excluding hydrogens is 360 g/mol. The third-order valence-corrected chi connectivity index (χ3v) is 11.6. The molecule has 0 amide bonds. The fourth-order valence-electron chi connectivity index (χ4n) is 3.82. The maximum Gasteiger partial charge on any atom is 0.461 e. The average Bonchev–Trinajstić information content (AvgIpc) is 2.92. The molecule has 7 heteroatoms. The SMILES string of the molecule is CCn1c2[n+](cc(C)c1=O)[C@H]1C[C@@H](O2)[C@@H](CO[Si](C)(C)C(C)(C)C(C)C)O1. The van der Waals surface area contributed by atoms with E-state index >= 15 is 0 Å². The van der Waals surface area contributed by atoms with Crippen LogP contribution in [0, 0.1) is 12.8 Å². The van der Waals surface area contributed by atoms with Crippen LogP contribution in [0.2, 0.25) is 18.1 Å². The Morgan fingerprint density at radius 1 is 1.41 bits per heavy atom. The Labute approximate surface area is 163 Å². The predicted octanol–water partition coefficient (Wildman–Crippen LogP) is 3.17. The molecule has 3 rings (SSSR count). The Bertz CT molecular complexity index is 772. The van der Waals surface area contributed by atoms with Gasteiger partial charge < -0.3 is 13.9 Å². The van der Waals surface area contributed by atoms with Crippen LogP contribution in [-0.2, 0) is 15.7 Å². The van der Waals surface area contributed by atoms with Crippen molar-refractivity contribution in [2.75, 3.05) is 6.61 Å². The Morgan fingerprint density at radius 3 is 2.67 bits per heavy atom. The van der Waals surface area contributed by atoms with E-state index in [-0.39, 0.29) is 29.0 Å². The van der Waals surface area contributed by atoms with E-state index < -0.39 is 8.32 Å². The van der Waals surface area contributed by atoms with Crippen LogP contribution >= 0.6 is 0 Å². The number of hydrogen-bond acceptors (Lipinski definition) is 4. The Kier molecular flexibility index (Phi) is 5.33. The van der Waals surface area contributed by atoms with Crippen LogP contribution in [0.3, 0.4) is 0 Å². The van der Waals surface area contributed by atoms with E-state index in [2.05, 4.69) is 40.8 Å². The predicted molar refractivity (Wildman–Crippen MR) is 107 cm³/mol. The van der Waals surface area contributed by atoms with Crippen LogP contribution in [0.5, 0.6) is 6.01 Å². The first kappa shape index (κ1) is 20.5. The highest BCUT2D eigenvalue weighted by molar-refractivity contribution is 6.74. The molecule has 0 aliphatic carbocycles. The van der Waals surface area contributed by atoms with Crippen molar-refractivity contribution in [1.82, 2.24) is 4.57 Å². The second kappa shape index (κ2) is 7.01. The maximum atomic E-state index is 12.4. The number of rotatable bonds is 6. The molecule has 0 spiro atoms. The van der Waals surface area contributed by atoms with E-state index in [4.69, 9.17) is 13.9 Å². The second-order valence-corrected chi connectivity index (χ2v) is 13.9. The molecule has 1 aromatic rings. The molecule has 1 aromatic heterocycles. The summed E-state index contributed by atoms with van der Waals surface area (Å²) in [5, 5.41) is 0.166. The van der Waals surface area contributed by atoms with Gasteiger partial charge in [-0.15, -0.1) is 0 Å². The number of ether oxygens (including phenoxy) is 2. The van der Waals surface area contributed by atoms with Gasteiger partial charge in [0.1, 0.15) is 18.4 Å². The van der Waals surface area contributed by atoms with E-state index in [0.717, 1.165) is 6.42 Å². The van der Waals surface area contributed by atoms with Crippen LogP contribution in [0.4, 0.5) is 0 Å². The van der Waals surface area contributed by atoms with Crippen molar-refractivity contribution in [1.29, 1.82) is 0 Å². The van der Waals surface area contributed by atoms with Gasteiger partial charge in [0, 0.05) is 0 Å². The second-order valence-electron chi connectivity index (χ2n) is 9.27. The Balaban J connectivity index is 1.78. The van der Waals surface area contributed by atoms with Crippen LogP contribution < -0.4 is 14.9 Å². The zero-order chi connectivity index (χ0) is 20.1. The van der Waals surface area contributed by atoms with Crippen LogP contribution in [0.1, 0.15) is 52.8 Å². The maximum absolute atomic E-state index is 12.4. The van der Waals surface area contributed by atoms with Crippen LogP contribution in [-0.4, -0.2) is 31.7 Å². The zero-order valence-electron chi connectivity index (χ0n) is 18.0. The molecule has 3 heterocycles. The van der Waals surface area contributed by atoms with Crippen molar-refractivity contribution >= 4 is 8.32 Å². The highest BCUT2D eigenvalue weighted by atomic mass is 28.4. The molecule has 27 heavy (non-hydrogen) atoms. The summed E-state index contributed by atoms with van der Waals surface area (Å²) >= 11 is 0. The lowest BCUT2D eigenvalue weighted by Crippen LogP contribution is -2.50. The van der Waals surface area contributed by atoms with E-state index in [1.165, 1.54) is 0 Å². The van der Waals surface area contributed by atoms with Crippen molar-refractivity contribution < 1.29 is 18.5 Å². The van der Waals surface area contributed by atoms with Gasteiger partial charge >= 0.3 is 11.6 Å². The van der Waals surface area contributed by atoms with Gasteiger partial charge in [-0.2, -0.15) is 9.13 Å². The van der Waals surface area contributed by atoms with E-state index in [1.54, 1.807) is 4.57 Å². The summed E-state index contributed by atoms with van der Waals surface area (Å²) in [4.78, 5) is 12.4. The lowest BCUT2D eigenvalue weighted by molar-refractivity contribution is -0.770. The van der Waals surface area contributed by atoms with E-state index in [9.17, 15) is 4.79 Å². The molecule has 2 aliphatic heterocycles. The summed E-state index contributed by atoms with van der Waals surface area (Å²) in [5.74, 6) is 0.556. The summed E-state index contributed by atoms with van der Waals surface area (Å²) in [5.41, 5.74) is 0.711. The molecule has 0 aromatic carbocycles. The van der Waals surface area contributed by atoms with Crippen LogP contribution in [0.15, 0.2) is 11.0 Å². The number of hydrogen-bond donors (Lipinski definition) is 0. The lowest BCUT2D eigenvalue weighted by atomic mass is 9.99. The van der Waals surface area contributed by atoms with Gasteiger partial charge in [-0.1, -0.05) is 27.7 Å². The van der Waals surface area contributed by atoms with Crippen molar-refractivity contribution in [3.63, 3.8) is 0 Å². The number of nitrogens with zero attached hydrogens (tertiary/aromatic N) is 2. The Morgan fingerprint density at radius 2 is 2.07 bits per heavy atom.